The molecule has 0 saturated carbocycles. The van der Waals surface area contributed by atoms with Gasteiger partial charge >= 0.3 is 0 Å². The highest BCUT2D eigenvalue weighted by atomic mass is 16.1. The third kappa shape index (κ3) is 4.70. The Morgan fingerprint density at radius 2 is 1.59 bits per heavy atom. The van der Waals surface area contributed by atoms with E-state index in [1.54, 1.807) is 13.0 Å². The summed E-state index contributed by atoms with van der Waals surface area (Å²) in [6, 6.07) is 15.9. The zero-order valence-corrected chi connectivity index (χ0v) is 16.1. The van der Waals surface area contributed by atoms with Crippen molar-refractivity contribution in [3.63, 3.8) is 0 Å². The van der Waals surface area contributed by atoms with Crippen LogP contribution in [-0.4, -0.2) is 15.9 Å². The molecule has 0 bridgehead atoms. The molecular weight excluding hydrogens is 336 g/mol. The van der Waals surface area contributed by atoms with Crippen molar-refractivity contribution in [2.75, 3.05) is 5.32 Å². The van der Waals surface area contributed by atoms with E-state index in [4.69, 9.17) is 0 Å². The van der Waals surface area contributed by atoms with Crippen LogP contribution in [0.4, 0.5) is 11.5 Å². The van der Waals surface area contributed by atoms with Crippen molar-refractivity contribution >= 4 is 17.4 Å². The molecule has 0 saturated heterocycles. The number of carbonyl (C=O) groups excluding carboxylic acids is 1. The van der Waals surface area contributed by atoms with Crippen LogP contribution >= 0.6 is 0 Å². The topological polar surface area (TPSA) is 66.9 Å². The lowest BCUT2D eigenvalue weighted by atomic mass is 10.1. The molecule has 5 nitrogen and oxygen atoms in total. The summed E-state index contributed by atoms with van der Waals surface area (Å²) in [7, 11) is 0. The van der Waals surface area contributed by atoms with Gasteiger partial charge in [0.05, 0.1) is 0 Å². The second-order valence-electron chi connectivity index (χ2n) is 6.75. The van der Waals surface area contributed by atoms with Crippen molar-refractivity contribution in [2.45, 2.75) is 34.2 Å². The normalized spacial score (nSPS) is 10.5. The smallest absolute Gasteiger partial charge is 0.270 e. The fourth-order valence-corrected chi connectivity index (χ4v) is 2.87. The minimum absolute atomic E-state index is 0.217. The number of hydrogen-bond acceptors (Lipinski definition) is 4. The number of amides is 1. The van der Waals surface area contributed by atoms with Crippen molar-refractivity contribution < 1.29 is 4.79 Å². The largest absolute Gasteiger partial charge is 0.347 e. The molecule has 0 radical (unpaired) electrons. The fraction of sp³-hybridized carbons (Fsp3) is 0.227. The maximum Gasteiger partial charge on any atom is 0.270 e. The highest BCUT2D eigenvalue weighted by Crippen LogP contribution is 2.23. The van der Waals surface area contributed by atoms with E-state index < -0.39 is 0 Å². The molecule has 138 valence electrons. The molecule has 27 heavy (non-hydrogen) atoms. The van der Waals surface area contributed by atoms with Crippen LogP contribution in [0.25, 0.3) is 0 Å². The van der Waals surface area contributed by atoms with Gasteiger partial charge in [0.2, 0.25) is 0 Å². The molecule has 0 aliphatic heterocycles. The van der Waals surface area contributed by atoms with Gasteiger partial charge in [-0.1, -0.05) is 48.0 Å². The summed E-state index contributed by atoms with van der Waals surface area (Å²) in [5, 5.41) is 6.24. The number of carbonyl (C=O) groups is 1. The van der Waals surface area contributed by atoms with E-state index in [0.717, 1.165) is 22.4 Å². The molecule has 3 rings (SSSR count). The molecule has 0 unspecified atom stereocenters. The summed E-state index contributed by atoms with van der Waals surface area (Å²) in [5.74, 6) is 0.942. The van der Waals surface area contributed by atoms with Crippen molar-refractivity contribution in [3.8, 4) is 0 Å². The maximum atomic E-state index is 12.5. The Hall–Kier alpha value is -3.21. The van der Waals surface area contributed by atoms with Crippen LogP contribution in [0, 0.1) is 27.7 Å². The van der Waals surface area contributed by atoms with Crippen molar-refractivity contribution in [1.82, 2.24) is 15.3 Å². The highest BCUT2D eigenvalue weighted by molar-refractivity contribution is 5.93. The van der Waals surface area contributed by atoms with E-state index in [2.05, 4.69) is 20.6 Å². The average molecular weight is 360 g/mol. The van der Waals surface area contributed by atoms with Crippen molar-refractivity contribution in [2.24, 2.45) is 0 Å². The number of hydrogen-bond donors (Lipinski definition) is 2. The summed E-state index contributed by atoms with van der Waals surface area (Å²) in [5.41, 5.74) is 5.84. The molecule has 2 N–H and O–H groups in total. The Morgan fingerprint density at radius 3 is 2.26 bits per heavy atom. The number of benzene rings is 2. The van der Waals surface area contributed by atoms with Crippen LogP contribution in [0.5, 0.6) is 0 Å². The van der Waals surface area contributed by atoms with Crippen molar-refractivity contribution in [1.29, 1.82) is 0 Å². The third-order valence-corrected chi connectivity index (χ3v) is 4.38. The molecule has 0 spiro atoms. The maximum absolute atomic E-state index is 12.5. The predicted molar refractivity (Wildman–Crippen MR) is 108 cm³/mol. The summed E-state index contributed by atoms with van der Waals surface area (Å²) < 4.78 is 0. The first-order chi connectivity index (χ1) is 12.9. The van der Waals surface area contributed by atoms with E-state index >= 15 is 0 Å². The molecule has 0 aliphatic carbocycles. The minimum Gasteiger partial charge on any atom is -0.347 e. The zero-order chi connectivity index (χ0) is 19.4. The van der Waals surface area contributed by atoms with E-state index in [9.17, 15) is 4.79 Å². The van der Waals surface area contributed by atoms with Gasteiger partial charge in [0.1, 0.15) is 17.3 Å². The lowest BCUT2D eigenvalue weighted by Gasteiger charge is -2.13. The van der Waals surface area contributed by atoms with Crippen LogP contribution in [0.3, 0.4) is 0 Å². The standard InChI is InChI=1S/C22H24N4O/c1-14-8-10-18(11-9-14)13-23-22(27)19-12-20(25-17(4)24-19)26-21-15(2)6-5-7-16(21)3/h5-12H,13H2,1-4H3,(H,23,27)(H,24,25,26). The Balaban J connectivity index is 1.76. The molecule has 0 atom stereocenters. The SMILES string of the molecule is Cc1ccc(CNC(=O)c2cc(Nc3c(C)cccc3C)nc(C)n2)cc1. The Bertz CT molecular complexity index is 944. The molecule has 1 heterocycles. The summed E-state index contributed by atoms with van der Waals surface area (Å²) in [4.78, 5) is 21.2. The van der Waals surface area contributed by atoms with Crippen LogP contribution in [0.1, 0.15) is 38.6 Å². The number of nitrogens with zero attached hydrogens (tertiary/aromatic N) is 2. The number of para-hydroxylation sites is 1. The predicted octanol–water partition coefficient (Wildman–Crippen LogP) is 4.38. The zero-order valence-electron chi connectivity index (χ0n) is 16.1. The molecule has 0 fully saturated rings. The number of nitrogens with one attached hydrogen (secondary N) is 2. The lowest BCUT2D eigenvalue weighted by Crippen LogP contribution is -2.24. The van der Waals surface area contributed by atoms with E-state index in [1.807, 2.05) is 63.2 Å². The van der Waals surface area contributed by atoms with Crippen LogP contribution in [0.2, 0.25) is 0 Å². The van der Waals surface area contributed by atoms with Gasteiger partial charge in [-0.2, -0.15) is 0 Å². The number of aromatic nitrogens is 2. The van der Waals surface area contributed by atoms with Crippen LogP contribution in [-0.2, 0) is 6.54 Å². The molecule has 3 aromatic rings. The van der Waals surface area contributed by atoms with Gasteiger partial charge in [-0.05, 0) is 44.4 Å². The highest BCUT2D eigenvalue weighted by Gasteiger charge is 2.12. The van der Waals surface area contributed by atoms with E-state index in [0.29, 0.717) is 23.9 Å². The first kappa shape index (κ1) is 18.6. The van der Waals surface area contributed by atoms with Gasteiger partial charge in [0.25, 0.3) is 5.91 Å². The number of anilines is 2. The van der Waals surface area contributed by atoms with Gasteiger partial charge in [-0.25, -0.2) is 9.97 Å². The third-order valence-electron chi connectivity index (χ3n) is 4.38. The molecule has 5 heteroatoms. The lowest BCUT2D eigenvalue weighted by molar-refractivity contribution is 0.0945. The van der Waals surface area contributed by atoms with Gasteiger partial charge in [0.15, 0.2) is 0 Å². The molecule has 1 amide bonds. The molecule has 2 aromatic carbocycles. The summed E-state index contributed by atoms with van der Waals surface area (Å²) in [6.07, 6.45) is 0. The van der Waals surface area contributed by atoms with Gasteiger partial charge in [0, 0.05) is 18.3 Å². The van der Waals surface area contributed by atoms with Crippen molar-refractivity contribution in [3.05, 3.63) is 82.3 Å². The number of rotatable bonds is 5. The Kier molecular flexibility index (Phi) is 5.50. The average Bonchev–Trinajstić information content (AvgIpc) is 2.64. The second kappa shape index (κ2) is 7.99. The summed E-state index contributed by atoms with van der Waals surface area (Å²) in [6.45, 7) is 8.36. The van der Waals surface area contributed by atoms with Crippen LogP contribution < -0.4 is 10.6 Å². The van der Waals surface area contributed by atoms with Gasteiger partial charge in [-0.15, -0.1) is 0 Å². The van der Waals surface area contributed by atoms with Gasteiger partial charge < -0.3 is 10.6 Å². The molecule has 0 aliphatic rings. The monoisotopic (exact) mass is 360 g/mol. The Morgan fingerprint density at radius 1 is 0.926 bits per heavy atom. The quantitative estimate of drug-likeness (QED) is 0.708. The first-order valence-electron chi connectivity index (χ1n) is 8.95. The Labute approximate surface area is 159 Å². The first-order valence-corrected chi connectivity index (χ1v) is 8.95. The van der Waals surface area contributed by atoms with Gasteiger partial charge in [-0.3, -0.25) is 4.79 Å². The van der Waals surface area contributed by atoms with E-state index in [-0.39, 0.29) is 5.91 Å². The molecular formula is C22H24N4O. The second-order valence-corrected chi connectivity index (χ2v) is 6.75. The molecule has 1 aromatic heterocycles. The van der Waals surface area contributed by atoms with E-state index in [1.165, 1.54) is 5.56 Å². The fourth-order valence-electron chi connectivity index (χ4n) is 2.87. The number of aryl methyl sites for hydroxylation is 4. The van der Waals surface area contributed by atoms with Crippen LogP contribution in [0.15, 0.2) is 48.5 Å². The minimum atomic E-state index is -0.217. The summed E-state index contributed by atoms with van der Waals surface area (Å²) >= 11 is 0.